The molecular formula is C13H13F3O2. The van der Waals surface area contributed by atoms with Gasteiger partial charge < -0.3 is 4.74 Å². The van der Waals surface area contributed by atoms with Crippen molar-refractivity contribution in [2.45, 2.75) is 25.9 Å². The summed E-state index contributed by atoms with van der Waals surface area (Å²) in [6.07, 6.45) is -4.05. The molecule has 0 saturated heterocycles. The molecule has 0 bridgehead atoms. The molecule has 1 aliphatic carbocycles. The first-order valence-electron chi connectivity index (χ1n) is 5.65. The van der Waals surface area contributed by atoms with Crippen molar-refractivity contribution in [3.05, 3.63) is 29.8 Å². The van der Waals surface area contributed by atoms with Gasteiger partial charge in [-0.3, -0.25) is 4.79 Å². The highest BCUT2D eigenvalue weighted by Gasteiger charge is 2.63. The van der Waals surface area contributed by atoms with Gasteiger partial charge in [0.2, 0.25) is 0 Å². The maximum atomic E-state index is 12.7. The fraction of sp³-hybridized carbons (Fsp3) is 0.462. The monoisotopic (exact) mass is 258 g/mol. The first-order chi connectivity index (χ1) is 8.36. The number of ether oxygens (including phenoxy) is 1. The molecule has 1 aromatic rings. The van der Waals surface area contributed by atoms with E-state index in [2.05, 4.69) is 0 Å². The van der Waals surface area contributed by atoms with Crippen LogP contribution in [0.4, 0.5) is 13.2 Å². The summed E-state index contributed by atoms with van der Waals surface area (Å²) in [7, 11) is 0. The number of carbonyl (C=O) groups is 1. The van der Waals surface area contributed by atoms with Crippen molar-refractivity contribution in [2.24, 2.45) is 5.41 Å². The highest BCUT2D eigenvalue weighted by atomic mass is 19.4. The fourth-order valence-corrected chi connectivity index (χ4v) is 1.76. The zero-order valence-corrected chi connectivity index (χ0v) is 9.88. The molecule has 1 aliphatic rings. The number of Topliss-reactive ketones (excluding diaryl/α,β-unsaturated/α-hetero) is 1. The fourth-order valence-electron chi connectivity index (χ4n) is 1.76. The van der Waals surface area contributed by atoms with Crippen molar-refractivity contribution >= 4 is 5.78 Å². The van der Waals surface area contributed by atoms with Crippen molar-refractivity contribution in [1.29, 1.82) is 0 Å². The van der Waals surface area contributed by atoms with E-state index in [0.717, 1.165) is 0 Å². The van der Waals surface area contributed by atoms with E-state index in [-0.39, 0.29) is 24.4 Å². The number of hydrogen-bond acceptors (Lipinski definition) is 2. The third-order valence-corrected chi connectivity index (χ3v) is 3.23. The molecule has 2 rings (SSSR count). The Morgan fingerprint density at radius 2 is 1.94 bits per heavy atom. The molecule has 98 valence electrons. The van der Waals surface area contributed by atoms with Crippen LogP contribution in [0.3, 0.4) is 0 Å². The van der Waals surface area contributed by atoms with E-state index >= 15 is 0 Å². The molecule has 1 fully saturated rings. The zero-order chi connectivity index (χ0) is 13.4. The third-order valence-electron chi connectivity index (χ3n) is 3.23. The molecule has 0 N–H and O–H groups in total. The summed E-state index contributed by atoms with van der Waals surface area (Å²) < 4.78 is 43.3. The van der Waals surface area contributed by atoms with E-state index in [9.17, 15) is 18.0 Å². The van der Waals surface area contributed by atoms with Crippen LogP contribution in [0.2, 0.25) is 0 Å². The Labute approximate surface area is 103 Å². The van der Waals surface area contributed by atoms with E-state index in [1.54, 1.807) is 18.2 Å². The second kappa shape index (κ2) is 4.30. The smallest absolute Gasteiger partial charge is 0.397 e. The number of rotatable bonds is 4. The van der Waals surface area contributed by atoms with Crippen LogP contribution in [0.15, 0.2) is 24.3 Å². The minimum atomic E-state index is -4.24. The van der Waals surface area contributed by atoms with E-state index in [4.69, 9.17) is 4.74 Å². The van der Waals surface area contributed by atoms with Crippen LogP contribution >= 0.6 is 0 Å². The third kappa shape index (κ3) is 2.35. The van der Waals surface area contributed by atoms with Gasteiger partial charge in [0.05, 0.1) is 5.56 Å². The molecule has 0 spiro atoms. The van der Waals surface area contributed by atoms with Crippen molar-refractivity contribution in [2.75, 3.05) is 6.61 Å². The SMILES string of the molecule is CC(=O)c1ccccc1OCC1(C(F)(F)F)CC1. The highest BCUT2D eigenvalue weighted by Crippen LogP contribution is 2.57. The van der Waals surface area contributed by atoms with Crippen LogP contribution in [0, 0.1) is 5.41 Å². The predicted octanol–water partition coefficient (Wildman–Crippen LogP) is 3.61. The molecule has 1 saturated carbocycles. The first-order valence-corrected chi connectivity index (χ1v) is 5.65. The molecule has 0 aliphatic heterocycles. The largest absolute Gasteiger partial charge is 0.492 e. The Morgan fingerprint density at radius 3 is 2.44 bits per heavy atom. The summed E-state index contributed by atoms with van der Waals surface area (Å²) in [5, 5.41) is 0. The number of ketones is 1. The molecule has 0 heterocycles. The summed E-state index contributed by atoms with van der Waals surface area (Å²) in [5.41, 5.74) is -1.40. The van der Waals surface area contributed by atoms with Crippen LogP contribution in [0.5, 0.6) is 5.75 Å². The Balaban J connectivity index is 2.10. The summed E-state index contributed by atoms with van der Waals surface area (Å²) in [4.78, 5) is 11.3. The molecule has 0 radical (unpaired) electrons. The zero-order valence-electron chi connectivity index (χ0n) is 9.88. The van der Waals surface area contributed by atoms with Crippen LogP contribution in [-0.4, -0.2) is 18.6 Å². The van der Waals surface area contributed by atoms with Gasteiger partial charge in [0.1, 0.15) is 17.8 Å². The molecule has 0 aromatic heterocycles. The summed E-state index contributed by atoms with van der Waals surface area (Å²) >= 11 is 0. The number of alkyl halides is 3. The van der Waals surface area contributed by atoms with Crippen molar-refractivity contribution < 1.29 is 22.7 Å². The lowest BCUT2D eigenvalue weighted by molar-refractivity contribution is -0.194. The van der Waals surface area contributed by atoms with Gasteiger partial charge in [0.25, 0.3) is 0 Å². The van der Waals surface area contributed by atoms with Crippen molar-refractivity contribution in [3.8, 4) is 5.75 Å². The average Bonchev–Trinajstić information content (AvgIpc) is 3.07. The molecule has 0 unspecified atom stereocenters. The Hall–Kier alpha value is -1.52. The second-order valence-electron chi connectivity index (χ2n) is 4.62. The van der Waals surface area contributed by atoms with E-state index in [1.165, 1.54) is 13.0 Å². The van der Waals surface area contributed by atoms with Crippen LogP contribution in [-0.2, 0) is 0 Å². The van der Waals surface area contributed by atoms with Gasteiger partial charge in [0.15, 0.2) is 5.78 Å². The van der Waals surface area contributed by atoms with Crippen molar-refractivity contribution in [3.63, 3.8) is 0 Å². The van der Waals surface area contributed by atoms with Crippen LogP contribution < -0.4 is 4.74 Å². The van der Waals surface area contributed by atoms with Gasteiger partial charge in [0, 0.05) is 0 Å². The van der Waals surface area contributed by atoms with Gasteiger partial charge in [-0.15, -0.1) is 0 Å². The second-order valence-corrected chi connectivity index (χ2v) is 4.62. The molecular weight excluding hydrogens is 245 g/mol. The number of halogens is 3. The van der Waals surface area contributed by atoms with E-state index in [1.807, 2.05) is 0 Å². The van der Waals surface area contributed by atoms with E-state index in [0.29, 0.717) is 5.56 Å². The molecule has 0 atom stereocenters. The molecule has 1 aromatic carbocycles. The summed E-state index contributed by atoms with van der Waals surface area (Å²) in [6, 6.07) is 6.35. The Morgan fingerprint density at radius 1 is 1.33 bits per heavy atom. The predicted molar refractivity (Wildman–Crippen MR) is 59.7 cm³/mol. The topological polar surface area (TPSA) is 26.3 Å². The summed E-state index contributed by atoms with van der Waals surface area (Å²) in [6.45, 7) is 0.944. The molecule has 2 nitrogen and oxygen atoms in total. The number of para-hydroxylation sites is 1. The van der Waals surface area contributed by atoms with Gasteiger partial charge >= 0.3 is 6.18 Å². The molecule has 5 heteroatoms. The Kier molecular flexibility index (Phi) is 3.09. The minimum absolute atomic E-state index is 0.0960. The summed E-state index contributed by atoms with van der Waals surface area (Å²) in [5.74, 6) is 0.00276. The number of hydrogen-bond donors (Lipinski definition) is 0. The quantitative estimate of drug-likeness (QED) is 0.771. The van der Waals surface area contributed by atoms with Gasteiger partial charge in [-0.25, -0.2) is 0 Å². The normalized spacial score (nSPS) is 17.3. The van der Waals surface area contributed by atoms with Gasteiger partial charge in [-0.2, -0.15) is 13.2 Å². The lowest BCUT2D eigenvalue weighted by Gasteiger charge is -2.20. The maximum Gasteiger partial charge on any atom is 0.397 e. The number of carbonyl (C=O) groups excluding carboxylic acids is 1. The lowest BCUT2D eigenvalue weighted by atomic mass is 10.1. The highest BCUT2D eigenvalue weighted by molar-refractivity contribution is 5.96. The molecule has 0 amide bonds. The Bertz CT molecular complexity index is 462. The van der Waals surface area contributed by atoms with Gasteiger partial charge in [-0.05, 0) is 31.9 Å². The van der Waals surface area contributed by atoms with Crippen LogP contribution in [0.1, 0.15) is 30.1 Å². The minimum Gasteiger partial charge on any atom is -0.492 e. The van der Waals surface area contributed by atoms with Crippen LogP contribution in [0.25, 0.3) is 0 Å². The molecule has 18 heavy (non-hydrogen) atoms. The average molecular weight is 258 g/mol. The van der Waals surface area contributed by atoms with Gasteiger partial charge in [-0.1, -0.05) is 12.1 Å². The van der Waals surface area contributed by atoms with Crippen molar-refractivity contribution in [1.82, 2.24) is 0 Å². The maximum absolute atomic E-state index is 12.7. The lowest BCUT2D eigenvalue weighted by Crippen LogP contribution is -2.30. The van der Waals surface area contributed by atoms with E-state index < -0.39 is 18.2 Å². The number of benzene rings is 1. The standard InChI is InChI=1S/C13H13F3O2/c1-9(17)10-4-2-3-5-11(10)18-8-12(6-7-12)13(14,15)16/h2-5H,6-8H2,1H3. The first kappa shape index (κ1) is 12.9.